The van der Waals surface area contributed by atoms with E-state index < -0.39 is 0 Å². The van der Waals surface area contributed by atoms with E-state index in [1.807, 2.05) is 22.9 Å². The average Bonchev–Trinajstić information content (AvgIpc) is 3.10. The predicted octanol–water partition coefficient (Wildman–Crippen LogP) is 3.04. The fourth-order valence-electron chi connectivity index (χ4n) is 3.22. The van der Waals surface area contributed by atoms with Crippen molar-refractivity contribution in [1.82, 2.24) is 25.2 Å². The molecule has 0 saturated heterocycles. The normalized spacial score (nSPS) is 19.7. The van der Waals surface area contributed by atoms with Crippen LogP contribution in [0.3, 0.4) is 0 Å². The molecule has 24 heavy (non-hydrogen) atoms. The molecule has 3 rings (SSSR count). The van der Waals surface area contributed by atoms with E-state index in [0.717, 1.165) is 24.2 Å². The lowest BCUT2D eigenvalue weighted by Crippen LogP contribution is -2.50. The SMILES string of the molecule is CC1(C)CCCCC1NC(=O)NCc1ccc(-n2ccnc2)nc1. The van der Waals surface area contributed by atoms with Crippen LogP contribution in [0.1, 0.15) is 45.1 Å². The molecule has 0 aliphatic heterocycles. The van der Waals surface area contributed by atoms with E-state index in [9.17, 15) is 4.79 Å². The Morgan fingerprint density at radius 1 is 1.38 bits per heavy atom. The van der Waals surface area contributed by atoms with Gasteiger partial charge < -0.3 is 10.6 Å². The second kappa shape index (κ2) is 7.03. The summed E-state index contributed by atoms with van der Waals surface area (Å²) in [5, 5.41) is 6.06. The van der Waals surface area contributed by atoms with Gasteiger partial charge in [-0.3, -0.25) is 4.57 Å². The van der Waals surface area contributed by atoms with Gasteiger partial charge in [0.05, 0.1) is 0 Å². The van der Waals surface area contributed by atoms with E-state index in [1.165, 1.54) is 12.8 Å². The molecule has 1 atom stereocenters. The average molecular weight is 327 g/mol. The molecule has 1 unspecified atom stereocenters. The monoisotopic (exact) mass is 327 g/mol. The number of pyridine rings is 1. The Hall–Kier alpha value is -2.37. The third-order valence-corrected chi connectivity index (χ3v) is 4.84. The molecular weight excluding hydrogens is 302 g/mol. The molecule has 0 spiro atoms. The Kier molecular flexibility index (Phi) is 4.83. The molecule has 1 aliphatic carbocycles. The van der Waals surface area contributed by atoms with Crippen LogP contribution in [0.15, 0.2) is 37.1 Å². The van der Waals surface area contributed by atoms with Crippen LogP contribution in [0.25, 0.3) is 5.82 Å². The Balaban J connectivity index is 1.51. The van der Waals surface area contributed by atoms with E-state index in [4.69, 9.17) is 0 Å². The van der Waals surface area contributed by atoms with Crippen molar-refractivity contribution < 1.29 is 4.79 Å². The smallest absolute Gasteiger partial charge is 0.315 e. The first-order valence-corrected chi connectivity index (χ1v) is 8.52. The number of nitrogens with one attached hydrogen (secondary N) is 2. The number of aromatic nitrogens is 3. The van der Waals surface area contributed by atoms with Crippen LogP contribution in [-0.2, 0) is 6.54 Å². The Labute approximate surface area is 142 Å². The summed E-state index contributed by atoms with van der Waals surface area (Å²) in [5.74, 6) is 0.810. The first-order chi connectivity index (χ1) is 11.5. The zero-order chi connectivity index (χ0) is 17.0. The summed E-state index contributed by atoms with van der Waals surface area (Å²) in [6.45, 7) is 4.93. The summed E-state index contributed by atoms with van der Waals surface area (Å²) < 4.78 is 1.84. The number of rotatable bonds is 4. The van der Waals surface area contributed by atoms with Gasteiger partial charge in [-0.25, -0.2) is 14.8 Å². The molecule has 1 fully saturated rings. The zero-order valence-electron chi connectivity index (χ0n) is 14.3. The molecule has 2 amide bonds. The topological polar surface area (TPSA) is 71.8 Å². The van der Waals surface area contributed by atoms with E-state index in [1.54, 1.807) is 18.7 Å². The highest BCUT2D eigenvalue weighted by Crippen LogP contribution is 2.35. The maximum Gasteiger partial charge on any atom is 0.315 e. The molecule has 0 radical (unpaired) electrons. The fraction of sp³-hybridized carbons (Fsp3) is 0.500. The number of carbonyl (C=O) groups excluding carboxylic acids is 1. The second-order valence-electron chi connectivity index (χ2n) is 7.11. The summed E-state index contributed by atoms with van der Waals surface area (Å²) in [6.07, 6.45) is 11.7. The summed E-state index contributed by atoms with van der Waals surface area (Å²) >= 11 is 0. The molecule has 128 valence electrons. The molecule has 1 aliphatic rings. The standard InChI is InChI=1S/C18H25N5O/c1-18(2)8-4-3-5-15(18)22-17(24)21-12-14-6-7-16(20-11-14)23-10-9-19-13-23/h6-7,9-11,13,15H,3-5,8,12H2,1-2H3,(H2,21,22,24). The summed E-state index contributed by atoms with van der Waals surface area (Å²) in [7, 11) is 0. The zero-order valence-corrected chi connectivity index (χ0v) is 14.3. The van der Waals surface area contributed by atoms with Crippen molar-refractivity contribution in [3.05, 3.63) is 42.6 Å². The molecule has 1 saturated carbocycles. The van der Waals surface area contributed by atoms with Crippen LogP contribution >= 0.6 is 0 Å². The van der Waals surface area contributed by atoms with Crippen molar-refractivity contribution >= 4 is 6.03 Å². The van der Waals surface area contributed by atoms with Gasteiger partial charge in [0.1, 0.15) is 12.1 Å². The largest absolute Gasteiger partial charge is 0.335 e. The molecule has 6 nitrogen and oxygen atoms in total. The van der Waals surface area contributed by atoms with Crippen molar-refractivity contribution in [2.75, 3.05) is 0 Å². The van der Waals surface area contributed by atoms with E-state index in [-0.39, 0.29) is 17.5 Å². The number of nitrogens with zero attached hydrogens (tertiary/aromatic N) is 3. The minimum atomic E-state index is -0.103. The number of amides is 2. The van der Waals surface area contributed by atoms with Crippen LogP contribution < -0.4 is 10.6 Å². The first-order valence-electron chi connectivity index (χ1n) is 8.52. The lowest BCUT2D eigenvalue weighted by atomic mass is 9.73. The van der Waals surface area contributed by atoms with Crippen molar-refractivity contribution in [3.63, 3.8) is 0 Å². The lowest BCUT2D eigenvalue weighted by molar-refractivity contribution is 0.166. The van der Waals surface area contributed by atoms with Crippen molar-refractivity contribution in [2.45, 2.75) is 52.1 Å². The highest BCUT2D eigenvalue weighted by Gasteiger charge is 2.33. The first kappa shape index (κ1) is 16.5. The maximum absolute atomic E-state index is 12.2. The number of urea groups is 1. The minimum Gasteiger partial charge on any atom is -0.335 e. The highest BCUT2D eigenvalue weighted by molar-refractivity contribution is 5.74. The van der Waals surface area contributed by atoms with Crippen LogP contribution in [0.2, 0.25) is 0 Å². The molecule has 2 N–H and O–H groups in total. The molecule has 6 heteroatoms. The molecule has 2 aromatic rings. The number of imidazole rings is 1. The molecular formula is C18H25N5O. The van der Waals surface area contributed by atoms with Crippen molar-refractivity contribution in [1.29, 1.82) is 0 Å². The molecule has 0 bridgehead atoms. The van der Waals surface area contributed by atoms with Crippen LogP contribution in [-0.4, -0.2) is 26.6 Å². The second-order valence-corrected chi connectivity index (χ2v) is 7.11. The van der Waals surface area contributed by atoms with E-state index in [0.29, 0.717) is 6.54 Å². The maximum atomic E-state index is 12.2. The Bertz CT molecular complexity index is 663. The van der Waals surface area contributed by atoms with Gasteiger partial charge in [-0.15, -0.1) is 0 Å². The molecule has 2 aromatic heterocycles. The number of carbonyl (C=O) groups is 1. The Morgan fingerprint density at radius 2 is 2.25 bits per heavy atom. The van der Waals surface area contributed by atoms with Gasteiger partial charge in [-0.1, -0.05) is 32.8 Å². The predicted molar refractivity (Wildman–Crippen MR) is 92.8 cm³/mol. The van der Waals surface area contributed by atoms with Crippen molar-refractivity contribution in [2.24, 2.45) is 5.41 Å². The van der Waals surface area contributed by atoms with Gasteiger partial charge in [0, 0.05) is 31.2 Å². The van der Waals surface area contributed by atoms with E-state index in [2.05, 4.69) is 34.4 Å². The summed E-state index contributed by atoms with van der Waals surface area (Å²) in [6, 6.07) is 4.02. The quantitative estimate of drug-likeness (QED) is 0.906. The lowest BCUT2D eigenvalue weighted by Gasteiger charge is -2.38. The van der Waals surface area contributed by atoms with Gasteiger partial charge in [-0.05, 0) is 29.9 Å². The minimum absolute atomic E-state index is 0.103. The third kappa shape index (κ3) is 3.93. The fourth-order valence-corrected chi connectivity index (χ4v) is 3.22. The van der Waals surface area contributed by atoms with E-state index >= 15 is 0 Å². The van der Waals surface area contributed by atoms with Gasteiger partial charge in [-0.2, -0.15) is 0 Å². The highest BCUT2D eigenvalue weighted by atomic mass is 16.2. The number of hydrogen-bond acceptors (Lipinski definition) is 3. The number of hydrogen-bond donors (Lipinski definition) is 2. The summed E-state index contributed by atoms with van der Waals surface area (Å²) in [5.41, 5.74) is 1.14. The van der Waals surface area contributed by atoms with Gasteiger partial charge in [0.25, 0.3) is 0 Å². The van der Waals surface area contributed by atoms with Crippen LogP contribution in [0, 0.1) is 5.41 Å². The van der Waals surface area contributed by atoms with Gasteiger partial charge in [0.2, 0.25) is 0 Å². The van der Waals surface area contributed by atoms with Crippen molar-refractivity contribution in [3.8, 4) is 5.82 Å². The third-order valence-electron chi connectivity index (χ3n) is 4.84. The van der Waals surface area contributed by atoms with Crippen LogP contribution in [0.5, 0.6) is 0 Å². The summed E-state index contributed by atoms with van der Waals surface area (Å²) in [4.78, 5) is 20.6. The van der Waals surface area contributed by atoms with Crippen LogP contribution in [0.4, 0.5) is 4.79 Å². The Morgan fingerprint density at radius 3 is 2.92 bits per heavy atom. The molecule has 2 heterocycles. The van der Waals surface area contributed by atoms with Gasteiger partial charge in [0.15, 0.2) is 0 Å². The van der Waals surface area contributed by atoms with Gasteiger partial charge >= 0.3 is 6.03 Å². The molecule has 0 aromatic carbocycles.